The molecule has 4 nitrogen and oxygen atoms in total. The highest BCUT2D eigenvalue weighted by atomic mass is 19.4. The zero-order valence-corrected chi connectivity index (χ0v) is 14.2. The molecule has 26 heavy (non-hydrogen) atoms. The number of carbonyl (C=O) groups excluding carboxylic acids is 1. The molecular formula is C16H17F6NO3. The summed E-state index contributed by atoms with van der Waals surface area (Å²) in [6.07, 6.45) is -6.21. The van der Waals surface area contributed by atoms with Crippen molar-refractivity contribution in [3.05, 3.63) is 35.8 Å². The smallest absolute Gasteiger partial charge is 0.460 e. The van der Waals surface area contributed by atoms with Crippen LogP contribution in [0.4, 0.5) is 32.0 Å². The molecule has 0 fully saturated rings. The number of benzene rings is 1. The summed E-state index contributed by atoms with van der Waals surface area (Å²) in [6.45, 7) is 2.04. The minimum Gasteiger partial charge on any atom is -0.497 e. The highest BCUT2D eigenvalue weighted by Crippen LogP contribution is 2.44. The molecule has 10 heteroatoms. The van der Waals surface area contributed by atoms with Gasteiger partial charge in [0.25, 0.3) is 0 Å². The first-order valence-corrected chi connectivity index (χ1v) is 7.44. The van der Waals surface area contributed by atoms with Crippen LogP contribution in [0.3, 0.4) is 0 Å². The van der Waals surface area contributed by atoms with Gasteiger partial charge in [0.05, 0.1) is 13.7 Å². The molecule has 0 bridgehead atoms. The maximum Gasteiger partial charge on any atom is 0.460 e. The maximum absolute atomic E-state index is 14.2. The number of likely N-dealkylation sites (N-methyl/N-ethyl adjacent to an activating group) is 1. The maximum atomic E-state index is 14.2. The van der Waals surface area contributed by atoms with Gasteiger partial charge < -0.3 is 14.4 Å². The molecule has 1 aromatic rings. The molecule has 0 aromatic heterocycles. The van der Waals surface area contributed by atoms with Crippen LogP contribution in [-0.2, 0) is 9.53 Å². The van der Waals surface area contributed by atoms with Crippen molar-refractivity contribution in [2.75, 3.05) is 25.2 Å². The van der Waals surface area contributed by atoms with Crippen molar-refractivity contribution in [3.63, 3.8) is 0 Å². The van der Waals surface area contributed by atoms with E-state index >= 15 is 0 Å². The Morgan fingerprint density at radius 2 is 1.62 bits per heavy atom. The van der Waals surface area contributed by atoms with Crippen molar-refractivity contribution >= 4 is 11.7 Å². The van der Waals surface area contributed by atoms with Crippen LogP contribution in [0.15, 0.2) is 35.8 Å². The molecule has 1 aromatic carbocycles. The number of hydrogen-bond acceptors (Lipinski definition) is 4. The van der Waals surface area contributed by atoms with E-state index in [0.29, 0.717) is 10.6 Å². The predicted molar refractivity (Wildman–Crippen MR) is 81.8 cm³/mol. The van der Waals surface area contributed by atoms with Gasteiger partial charge in [0.15, 0.2) is 5.70 Å². The van der Waals surface area contributed by atoms with Crippen molar-refractivity contribution in [2.24, 2.45) is 0 Å². The van der Waals surface area contributed by atoms with Crippen molar-refractivity contribution in [2.45, 2.75) is 25.9 Å². The molecule has 0 spiro atoms. The van der Waals surface area contributed by atoms with E-state index in [2.05, 4.69) is 4.74 Å². The average molecular weight is 385 g/mol. The first kappa shape index (κ1) is 21.7. The number of nitrogens with zero attached hydrogens (tertiary/aromatic N) is 1. The van der Waals surface area contributed by atoms with Crippen molar-refractivity contribution < 1.29 is 40.6 Å². The number of esters is 1. The van der Waals surface area contributed by atoms with Crippen LogP contribution in [0.25, 0.3) is 0 Å². The Hall–Kier alpha value is -2.39. The van der Waals surface area contributed by atoms with Crippen LogP contribution in [-0.4, -0.2) is 38.3 Å². The number of allylic oxidation sites excluding steroid dienone is 1. The minimum atomic E-state index is -6.21. The summed E-state index contributed by atoms with van der Waals surface area (Å²) in [5.74, 6) is -10.0. The molecule has 0 heterocycles. The third-order valence-electron chi connectivity index (χ3n) is 3.28. The molecule has 0 atom stereocenters. The summed E-state index contributed by atoms with van der Waals surface area (Å²) in [5.41, 5.74) is -1.51. The standard InChI is InChI=1S/C16H17F6NO3/c1-4-23(10-6-8-11(25-3)9-7-10)12(14(24)26-5-2)13(17)15(18,19)16(20,21)22/h6-9H,4-5H2,1-3H3/b13-12-. The molecule has 0 radical (unpaired) electrons. The van der Waals surface area contributed by atoms with Gasteiger partial charge in [-0.15, -0.1) is 0 Å². The summed E-state index contributed by atoms with van der Waals surface area (Å²) >= 11 is 0. The minimum absolute atomic E-state index is 0.00415. The fraction of sp³-hybridized carbons (Fsp3) is 0.438. The second-order valence-electron chi connectivity index (χ2n) is 4.90. The fourth-order valence-electron chi connectivity index (χ4n) is 2.02. The molecule has 0 unspecified atom stereocenters. The van der Waals surface area contributed by atoms with E-state index in [-0.39, 0.29) is 18.8 Å². The van der Waals surface area contributed by atoms with Crippen molar-refractivity contribution in [1.29, 1.82) is 0 Å². The molecular weight excluding hydrogens is 368 g/mol. The lowest BCUT2D eigenvalue weighted by molar-refractivity contribution is -0.270. The SMILES string of the molecule is CCOC(=O)/C(=C(/F)C(F)(F)C(F)(F)F)N(CC)c1ccc(OC)cc1. The lowest BCUT2D eigenvalue weighted by Crippen LogP contribution is -2.41. The molecule has 0 aliphatic rings. The number of ether oxygens (including phenoxy) is 2. The van der Waals surface area contributed by atoms with Gasteiger partial charge in [0, 0.05) is 12.2 Å². The summed E-state index contributed by atoms with van der Waals surface area (Å²) in [5, 5.41) is 0. The molecule has 146 valence electrons. The van der Waals surface area contributed by atoms with Crippen molar-refractivity contribution in [3.8, 4) is 5.75 Å². The van der Waals surface area contributed by atoms with Crippen LogP contribution in [0.2, 0.25) is 0 Å². The number of hydrogen-bond donors (Lipinski definition) is 0. The van der Waals surface area contributed by atoms with Gasteiger partial charge in [0.2, 0.25) is 5.83 Å². The number of halogens is 6. The quantitative estimate of drug-likeness (QED) is 0.395. The Morgan fingerprint density at radius 1 is 1.08 bits per heavy atom. The topological polar surface area (TPSA) is 38.8 Å². The Bertz CT molecular complexity index is 655. The summed E-state index contributed by atoms with van der Waals surface area (Å²) in [4.78, 5) is 12.6. The molecule has 1 rings (SSSR count). The fourth-order valence-corrected chi connectivity index (χ4v) is 2.02. The van der Waals surface area contributed by atoms with Gasteiger partial charge in [-0.1, -0.05) is 0 Å². The van der Waals surface area contributed by atoms with E-state index in [9.17, 15) is 31.1 Å². The normalized spacial score (nSPS) is 13.1. The lowest BCUT2D eigenvalue weighted by atomic mass is 10.1. The number of methoxy groups -OCH3 is 1. The number of alkyl halides is 5. The second kappa shape index (κ2) is 8.33. The van der Waals surface area contributed by atoms with E-state index < -0.39 is 29.6 Å². The van der Waals surface area contributed by atoms with E-state index in [1.165, 1.54) is 45.2 Å². The van der Waals surface area contributed by atoms with Crippen LogP contribution in [0, 0.1) is 0 Å². The molecule has 0 N–H and O–H groups in total. The Labute approximate surface area is 146 Å². The van der Waals surface area contributed by atoms with Gasteiger partial charge in [-0.3, -0.25) is 0 Å². The molecule has 0 saturated heterocycles. The molecule has 0 aliphatic carbocycles. The van der Waals surface area contributed by atoms with Crippen LogP contribution in [0.5, 0.6) is 5.75 Å². The van der Waals surface area contributed by atoms with Crippen LogP contribution >= 0.6 is 0 Å². The summed E-state index contributed by atoms with van der Waals surface area (Å²) in [7, 11) is 1.36. The van der Waals surface area contributed by atoms with Gasteiger partial charge in [-0.2, -0.15) is 22.0 Å². The largest absolute Gasteiger partial charge is 0.497 e. The molecule has 0 aliphatic heterocycles. The Morgan fingerprint density at radius 3 is 2.00 bits per heavy atom. The predicted octanol–water partition coefficient (Wildman–Crippen LogP) is 4.46. The second-order valence-corrected chi connectivity index (χ2v) is 4.90. The van der Waals surface area contributed by atoms with Gasteiger partial charge in [-0.05, 0) is 38.1 Å². The van der Waals surface area contributed by atoms with Gasteiger partial charge in [0.1, 0.15) is 5.75 Å². The number of anilines is 1. The van der Waals surface area contributed by atoms with E-state index in [0.717, 1.165) is 0 Å². The summed E-state index contributed by atoms with van der Waals surface area (Å²) < 4.78 is 88.3. The third kappa shape index (κ3) is 4.41. The average Bonchev–Trinajstić information content (AvgIpc) is 2.58. The van der Waals surface area contributed by atoms with E-state index in [1.54, 1.807) is 0 Å². The van der Waals surface area contributed by atoms with E-state index in [4.69, 9.17) is 4.74 Å². The number of rotatable bonds is 7. The monoisotopic (exact) mass is 385 g/mol. The first-order chi connectivity index (χ1) is 12.0. The summed E-state index contributed by atoms with van der Waals surface area (Å²) in [6, 6.07) is 5.31. The van der Waals surface area contributed by atoms with Gasteiger partial charge >= 0.3 is 18.1 Å². The Balaban J connectivity index is 3.56. The zero-order valence-electron chi connectivity index (χ0n) is 14.2. The van der Waals surface area contributed by atoms with Crippen LogP contribution < -0.4 is 9.64 Å². The third-order valence-corrected chi connectivity index (χ3v) is 3.28. The van der Waals surface area contributed by atoms with Crippen LogP contribution in [0.1, 0.15) is 13.8 Å². The van der Waals surface area contributed by atoms with Gasteiger partial charge in [-0.25, -0.2) is 9.18 Å². The van der Waals surface area contributed by atoms with Crippen molar-refractivity contribution in [1.82, 2.24) is 0 Å². The molecule has 0 amide bonds. The number of carbonyl (C=O) groups is 1. The van der Waals surface area contributed by atoms with E-state index in [1.807, 2.05) is 0 Å². The Kier molecular flexibility index (Phi) is 6.93. The zero-order chi connectivity index (χ0) is 20.1. The highest BCUT2D eigenvalue weighted by Gasteiger charge is 2.63. The molecule has 0 saturated carbocycles. The first-order valence-electron chi connectivity index (χ1n) is 7.44. The highest BCUT2D eigenvalue weighted by molar-refractivity contribution is 5.93. The lowest BCUT2D eigenvalue weighted by Gasteiger charge is -2.28.